The van der Waals surface area contributed by atoms with Crippen LogP contribution < -0.4 is 25.0 Å². The highest BCUT2D eigenvalue weighted by Crippen LogP contribution is 2.44. The zero-order valence-corrected chi connectivity index (χ0v) is 25.0. The first-order valence-electron chi connectivity index (χ1n) is 13.4. The van der Waals surface area contributed by atoms with Gasteiger partial charge in [-0.15, -0.1) is 0 Å². The Morgan fingerprint density at radius 2 is 1.71 bits per heavy atom. The maximum Gasteiger partial charge on any atom is 0.229 e. The summed E-state index contributed by atoms with van der Waals surface area (Å²) in [5.41, 5.74) is 4.90. The van der Waals surface area contributed by atoms with Gasteiger partial charge in [-0.25, -0.2) is 0 Å². The molecule has 3 heterocycles. The third-order valence-corrected chi connectivity index (χ3v) is 7.55. The largest absolute Gasteiger partial charge is 0.497 e. The van der Waals surface area contributed by atoms with E-state index in [9.17, 15) is 4.79 Å². The molecule has 0 spiro atoms. The summed E-state index contributed by atoms with van der Waals surface area (Å²) in [6.07, 6.45) is 1.79. The van der Waals surface area contributed by atoms with Gasteiger partial charge in [0.15, 0.2) is 5.11 Å². The van der Waals surface area contributed by atoms with Crippen molar-refractivity contribution in [2.75, 3.05) is 24.4 Å². The first-order valence-corrected chi connectivity index (χ1v) is 13.9. The molecule has 0 saturated carbocycles. The molecule has 4 aromatic rings. The van der Waals surface area contributed by atoms with Gasteiger partial charge in [0.1, 0.15) is 17.5 Å². The number of thiocarbonyl (C=S) groups is 1. The summed E-state index contributed by atoms with van der Waals surface area (Å²) in [7, 11) is 3.26. The Bertz CT molecular complexity index is 1560. The zero-order valence-electron chi connectivity index (χ0n) is 24.1. The summed E-state index contributed by atoms with van der Waals surface area (Å²) in [5.74, 6) is 1.25. The number of benzene rings is 2. The van der Waals surface area contributed by atoms with Crippen molar-refractivity contribution in [3.8, 4) is 17.2 Å². The van der Waals surface area contributed by atoms with Crippen LogP contribution in [0.4, 0.5) is 11.4 Å². The van der Waals surface area contributed by atoms with Gasteiger partial charge in [0.05, 0.1) is 31.6 Å². The monoisotopic (exact) mass is 569 g/mol. The minimum Gasteiger partial charge on any atom is -0.497 e. The van der Waals surface area contributed by atoms with E-state index in [4.69, 9.17) is 21.7 Å². The molecule has 41 heavy (non-hydrogen) atoms. The van der Waals surface area contributed by atoms with Crippen LogP contribution in [-0.4, -0.2) is 34.8 Å². The number of pyridine rings is 1. The number of aromatic nitrogens is 2. The number of nitrogens with one attached hydrogen (secondary N) is 2. The van der Waals surface area contributed by atoms with Crippen LogP contribution in [0.15, 0.2) is 79.0 Å². The van der Waals surface area contributed by atoms with Gasteiger partial charge in [-0.05, 0) is 79.8 Å². The van der Waals surface area contributed by atoms with Crippen LogP contribution >= 0.6 is 12.2 Å². The molecule has 2 aromatic carbocycles. The van der Waals surface area contributed by atoms with Gasteiger partial charge in [0, 0.05) is 40.4 Å². The summed E-state index contributed by atoms with van der Waals surface area (Å²) in [6.45, 7) is 7.71. The standard InChI is InChI=1S/C32H35N5O3S/c1-20-10-17-26(36(20)21-11-14-23(39-5)15-12-21)29-28(25-9-7-8-18-33-25)35-31(41)37(29)22-13-16-24(27(19-22)40-6)34-30(38)32(2,3)4/h7-19,28-29H,1-6H3,(H,34,38)(H,35,41)/t28-,29+/m1/s1. The van der Waals surface area contributed by atoms with E-state index in [1.54, 1.807) is 20.4 Å². The average Bonchev–Trinajstić information content (AvgIpc) is 3.52. The Morgan fingerprint density at radius 3 is 2.34 bits per heavy atom. The fourth-order valence-corrected chi connectivity index (χ4v) is 5.40. The van der Waals surface area contributed by atoms with Crippen LogP contribution in [0.3, 0.4) is 0 Å². The number of anilines is 2. The third-order valence-electron chi connectivity index (χ3n) is 7.23. The molecule has 9 heteroatoms. The quantitative estimate of drug-likeness (QED) is 0.251. The van der Waals surface area contributed by atoms with Gasteiger partial charge in [0.25, 0.3) is 0 Å². The van der Waals surface area contributed by atoms with Gasteiger partial charge < -0.3 is 29.6 Å². The molecule has 1 amide bonds. The van der Waals surface area contributed by atoms with Crippen molar-refractivity contribution in [2.24, 2.45) is 5.41 Å². The highest BCUT2D eigenvalue weighted by atomic mass is 32.1. The molecule has 1 fully saturated rings. The summed E-state index contributed by atoms with van der Waals surface area (Å²) >= 11 is 5.96. The van der Waals surface area contributed by atoms with Crippen molar-refractivity contribution in [2.45, 2.75) is 39.8 Å². The van der Waals surface area contributed by atoms with E-state index in [0.29, 0.717) is 16.5 Å². The number of aryl methyl sites for hydroxylation is 1. The lowest BCUT2D eigenvalue weighted by Crippen LogP contribution is -2.30. The lowest BCUT2D eigenvalue weighted by molar-refractivity contribution is -0.123. The van der Waals surface area contributed by atoms with Crippen molar-refractivity contribution in [1.29, 1.82) is 0 Å². The predicted molar refractivity (Wildman–Crippen MR) is 166 cm³/mol. The van der Waals surface area contributed by atoms with E-state index in [2.05, 4.69) is 44.1 Å². The normalized spacial score (nSPS) is 16.8. The zero-order chi connectivity index (χ0) is 29.3. The molecule has 2 N–H and O–H groups in total. The molecule has 8 nitrogen and oxygen atoms in total. The Balaban J connectivity index is 1.63. The molecule has 0 aliphatic carbocycles. The fraction of sp³-hybridized carbons (Fsp3) is 0.281. The summed E-state index contributed by atoms with van der Waals surface area (Å²) in [5, 5.41) is 7.09. The van der Waals surface area contributed by atoms with Crippen LogP contribution in [0.5, 0.6) is 11.5 Å². The molecule has 1 aliphatic heterocycles. The van der Waals surface area contributed by atoms with E-state index in [1.807, 2.05) is 81.4 Å². The van der Waals surface area contributed by atoms with Gasteiger partial charge in [0.2, 0.25) is 5.91 Å². The number of ether oxygens (including phenoxy) is 2. The molecule has 212 valence electrons. The van der Waals surface area contributed by atoms with Gasteiger partial charge in [-0.1, -0.05) is 26.8 Å². The van der Waals surface area contributed by atoms with E-state index in [-0.39, 0.29) is 18.0 Å². The number of amides is 1. The second kappa shape index (κ2) is 11.2. The van der Waals surface area contributed by atoms with E-state index in [0.717, 1.165) is 34.2 Å². The maximum absolute atomic E-state index is 12.7. The lowest BCUT2D eigenvalue weighted by Gasteiger charge is -2.30. The van der Waals surface area contributed by atoms with Crippen molar-refractivity contribution in [3.63, 3.8) is 0 Å². The van der Waals surface area contributed by atoms with E-state index in [1.165, 1.54) is 0 Å². The lowest BCUT2D eigenvalue weighted by atomic mass is 9.95. The SMILES string of the molecule is COc1ccc(-n2c(C)ccc2[C@H]2[C@@H](c3ccccn3)NC(=S)N2c2ccc(NC(=O)C(C)(C)C)c(OC)c2)cc1. The highest BCUT2D eigenvalue weighted by Gasteiger charge is 2.42. The maximum atomic E-state index is 12.7. The Kier molecular flexibility index (Phi) is 7.73. The molecule has 2 atom stereocenters. The Morgan fingerprint density at radius 1 is 0.976 bits per heavy atom. The van der Waals surface area contributed by atoms with Crippen molar-refractivity contribution in [3.05, 3.63) is 96.1 Å². The number of hydrogen-bond acceptors (Lipinski definition) is 5. The molecule has 0 unspecified atom stereocenters. The molecular weight excluding hydrogens is 534 g/mol. The summed E-state index contributed by atoms with van der Waals surface area (Å²) in [4.78, 5) is 19.5. The minimum absolute atomic E-state index is 0.0946. The van der Waals surface area contributed by atoms with Crippen LogP contribution in [-0.2, 0) is 4.79 Å². The predicted octanol–water partition coefficient (Wildman–Crippen LogP) is 6.36. The molecule has 1 aliphatic rings. The van der Waals surface area contributed by atoms with E-state index >= 15 is 0 Å². The van der Waals surface area contributed by atoms with Crippen LogP contribution in [0, 0.1) is 12.3 Å². The second-order valence-electron chi connectivity index (χ2n) is 11.0. The summed E-state index contributed by atoms with van der Waals surface area (Å²) in [6, 6.07) is 23.4. The Hall–Kier alpha value is -4.37. The molecule has 5 rings (SSSR count). The smallest absolute Gasteiger partial charge is 0.229 e. The molecule has 2 aromatic heterocycles. The van der Waals surface area contributed by atoms with Crippen LogP contribution in [0.1, 0.15) is 49.9 Å². The van der Waals surface area contributed by atoms with Crippen molar-refractivity contribution in [1.82, 2.24) is 14.9 Å². The topological polar surface area (TPSA) is 80.7 Å². The number of nitrogens with zero attached hydrogens (tertiary/aromatic N) is 3. The van der Waals surface area contributed by atoms with E-state index < -0.39 is 5.41 Å². The molecule has 0 bridgehead atoms. The number of carbonyl (C=O) groups excluding carboxylic acids is 1. The van der Waals surface area contributed by atoms with Crippen LogP contribution in [0.2, 0.25) is 0 Å². The van der Waals surface area contributed by atoms with Gasteiger partial charge >= 0.3 is 0 Å². The van der Waals surface area contributed by atoms with Crippen molar-refractivity contribution < 1.29 is 14.3 Å². The van der Waals surface area contributed by atoms with Gasteiger partial charge in [-0.2, -0.15) is 0 Å². The second-order valence-corrected chi connectivity index (χ2v) is 11.4. The molecule has 0 radical (unpaired) electrons. The molecule has 1 saturated heterocycles. The first-order chi connectivity index (χ1) is 19.6. The number of hydrogen-bond donors (Lipinski definition) is 2. The third kappa shape index (κ3) is 5.50. The fourth-order valence-electron chi connectivity index (χ4n) is 5.05. The van der Waals surface area contributed by atoms with Gasteiger partial charge in [-0.3, -0.25) is 9.78 Å². The number of carbonyl (C=O) groups is 1. The summed E-state index contributed by atoms with van der Waals surface area (Å²) < 4.78 is 13.4. The first kappa shape index (κ1) is 28.2. The minimum atomic E-state index is -0.546. The Labute approximate surface area is 246 Å². The number of methoxy groups -OCH3 is 2. The average molecular weight is 570 g/mol. The van der Waals surface area contributed by atoms with Crippen molar-refractivity contribution >= 4 is 34.6 Å². The molecular formula is C32H35N5O3S. The van der Waals surface area contributed by atoms with Crippen LogP contribution in [0.25, 0.3) is 5.69 Å². The number of rotatable bonds is 7. The highest BCUT2D eigenvalue weighted by molar-refractivity contribution is 7.80.